The highest BCUT2D eigenvalue weighted by Gasteiger charge is 2.30. The number of urea groups is 1. The van der Waals surface area contributed by atoms with Gasteiger partial charge in [-0.05, 0) is 31.2 Å². The minimum atomic E-state index is -0.213. The standard InChI is InChI=1S/C23H27N7O2/c1-32-22-27-14-18(15-28-22)17-12-25-21(26-13-17)30(20-9-7-19(24)8-10-20)23(31)29-11-16-5-3-2-4-6-16/h2-6,12-15,19-20H,7-11,24H2,1H3,(H,29,31). The van der Waals surface area contributed by atoms with Gasteiger partial charge in [0.2, 0.25) is 5.95 Å². The number of amides is 2. The van der Waals surface area contributed by atoms with Crippen molar-refractivity contribution >= 4 is 12.0 Å². The zero-order chi connectivity index (χ0) is 22.3. The van der Waals surface area contributed by atoms with Gasteiger partial charge in [0.15, 0.2) is 0 Å². The molecule has 2 amide bonds. The van der Waals surface area contributed by atoms with E-state index in [9.17, 15) is 4.79 Å². The van der Waals surface area contributed by atoms with Gasteiger partial charge >= 0.3 is 12.0 Å². The van der Waals surface area contributed by atoms with Gasteiger partial charge in [-0.25, -0.2) is 24.7 Å². The van der Waals surface area contributed by atoms with E-state index >= 15 is 0 Å². The van der Waals surface area contributed by atoms with Crippen LogP contribution in [0, 0.1) is 0 Å². The topological polar surface area (TPSA) is 119 Å². The van der Waals surface area contributed by atoms with Gasteiger partial charge in [0, 0.05) is 54.5 Å². The number of carbonyl (C=O) groups is 1. The van der Waals surface area contributed by atoms with Crippen LogP contribution in [0.2, 0.25) is 0 Å². The first-order valence-corrected chi connectivity index (χ1v) is 10.7. The molecule has 4 rings (SSSR count). The summed E-state index contributed by atoms with van der Waals surface area (Å²) in [4.78, 5) is 32.1. The summed E-state index contributed by atoms with van der Waals surface area (Å²) in [7, 11) is 1.52. The van der Waals surface area contributed by atoms with Gasteiger partial charge < -0.3 is 15.8 Å². The van der Waals surface area contributed by atoms with E-state index in [0.29, 0.717) is 18.5 Å². The molecule has 0 aliphatic heterocycles. The second-order valence-electron chi connectivity index (χ2n) is 7.81. The molecule has 3 N–H and O–H groups in total. The summed E-state index contributed by atoms with van der Waals surface area (Å²) in [6.07, 6.45) is 10.0. The Balaban J connectivity index is 1.53. The third-order valence-corrected chi connectivity index (χ3v) is 5.61. The van der Waals surface area contributed by atoms with E-state index in [1.807, 2.05) is 30.3 Å². The molecule has 3 aromatic rings. The summed E-state index contributed by atoms with van der Waals surface area (Å²) in [5.74, 6) is 0.370. The van der Waals surface area contributed by atoms with Gasteiger partial charge in [0.1, 0.15) is 0 Å². The molecule has 1 aromatic carbocycles. The van der Waals surface area contributed by atoms with Crippen molar-refractivity contribution in [3.05, 3.63) is 60.7 Å². The first-order valence-electron chi connectivity index (χ1n) is 10.7. The van der Waals surface area contributed by atoms with E-state index in [1.165, 1.54) is 7.11 Å². The Labute approximate surface area is 187 Å². The van der Waals surface area contributed by atoms with Crippen molar-refractivity contribution in [2.45, 2.75) is 44.3 Å². The summed E-state index contributed by atoms with van der Waals surface area (Å²) < 4.78 is 5.00. The van der Waals surface area contributed by atoms with Crippen LogP contribution >= 0.6 is 0 Å². The van der Waals surface area contributed by atoms with Crippen molar-refractivity contribution in [1.82, 2.24) is 25.3 Å². The van der Waals surface area contributed by atoms with Crippen LogP contribution in [-0.2, 0) is 6.54 Å². The van der Waals surface area contributed by atoms with Crippen LogP contribution in [0.15, 0.2) is 55.1 Å². The van der Waals surface area contributed by atoms with E-state index in [1.54, 1.807) is 29.7 Å². The van der Waals surface area contributed by atoms with Crippen molar-refractivity contribution in [3.63, 3.8) is 0 Å². The number of nitrogens with zero attached hydrogens (tertiary/aromatic N) is 5. The Morgan fingerprint density at radius 3 is 2.19 bits per heavy atom. The molecule has 32 heavy (non-hydrogen) atoms. The Kier molecular flexibility index (Phi) is 6.86. The molecule has 9 nitrogen and oxygen atoms in total. The molecule has 2 aromatic heterocycles. The van der Waals surface area contributed by atoms with Crippen LogP contribution < -0.4 is 20.7 Å². The van der Waals surface area contributed by atoms with E-state index < -0.39 is 0 Å². The molecular formula is C23H27N7O2. The molecule has 0 spiro atoms. The molecule has 9 heteroatoms. The van der Waals surface area contributed by atoms with Gasteiger partial charge in [-0.15, -0.1) is 0 Å². The summed E-state index contributed by atoms with van der Waals surface area (Å²) in [5, 5.41) is 3.01. The van der Waals surface area contributed by atoms with Gasteiger partial charge in [0.25, 0.3) is 0 Å². The second kappa shape index (κ2) is 10.1. The van der Waals surface area contributed by atoms with Crippen molar-refractivity contribution in [3.8, 4) is 17.1 Å². The normalized spacial score (nSPS) is 18.1. The highest BCUT2D eigenvalue weighted by molar-refractivity contribution is 5.90. The largest absolute Gasteiger partial charge is 0.467 e. The van der Waals surface area contributed by atoms with Gasteiger partial charge in [-0.2, -0.15) is 0 Å². The molecule has 1 aliphatic carbocycles. The van der Waals surface area contributed by atoms with E-state index in [2.05, 4.69) is 25.3 Å². The van der Waals surface area contributed by atoms with Gasteiger partial charge in [0.05, 0.1) is 7.11 Å². The quantitative estimate of drug-likeness (QED) is 0.613. The Bertz CT molecular complexity index is 1000. The van der Waals surface area contributed by atoms with Crippen molar-refractivity contribution in [2.75, 3.05) is 12.0 Å². The molecular weight excluding hydrogens is 406 g/mol. The Morgan fingerprint density at radius 1 is 1.00 bits per heavy atom. The third-order valence-electron chi connectivity index (χ3n) is 5.61. The summed E-state index contributed by atoms with van der Waals surface area (Å²) >= 11 is 0. The van der Waals surface area contributed by atoms with Crippen molar-refractivity contribution in [1.29, 1.82) is 0 Å². The number of anilines is 1. The summed E-state index contributed by atoms with van der Waals surface area (Å²) in [6, 6.07) is 10.1. The zero-order valence-corrected chi connectivity index (χ0v) is 18.0. The van der Waals surface area contributed by atoms with Crippen LogP contribution in [0.5, 0.6) is 6.01 Å². The number of hydrogen-bond acceptors (Lipinski definition) is 7. The molecule has 1 saturated carbocycles. The minimum absolute atomic E-state index is 0.000688. The Hall–Kier alpha value is -3.59. The second-order valence-corrected chi connectivity index (χ2v) is 7.81. The number of rotatable bonds is 6. The third kappa shape index (κ3) is 5.17. The van der Waals surface area contributed by atoms with Crippen LogP contribution in [0.3, 0.4) is 0 Å². The summed E-state index contributed by atoms with van der Waals surface area (Å²) in [5.41, 5.74) is 8.63. The van der Waals surface area contributed by atoms with Gasteiger partial charge in [-0.1, -0.05) is 30.3 Å². The minimum Gasteiger partial charge on any atom is -0.467 e. The predicted molar refractivity (Wildman–Crippen MR) is 121 cm³/mol. The Morgan fingerprint density at radius 2 is 1.59 bits per heavy atom. The highest BCUT2D eigenvalue weighted by atomic mass is 16.5. The van der Waals surface area contributed by atoms with E-state index in [4.69, 9.17) is 10.5 Å². The maximum Gasteiger partial charge on any atom is 0.324 e. The molecule has 1 aliphatic rings. The van der Waals surface area contributed by atoms with E-state index in [-0.39, 0.29) is 18.1 Å². The summed E-state index contributed by atoms with van der Waals surface area (Å²) in [6.45, 7) is 0.434. The lowest BCUT2D eigenvalue weighted by molar-refractivity contribution is 0.239. The fourth-order valence-corrected chi connectivity index (χ4v) is 3.80. The SMILES string of the molecule is COc1ncc(-c2cnc(N(C(=O)NCc3ccccc3)C3CCC(N)CC3)nc2)cn1. The number of hydrogen-bond donors (Lipinski definition) is 2. The van der Waals surface area contributed by atoms with Crippen molar-refractivity contribution < 1.29 is 9.53 Å². The number of ether oxygens (including phenoxy) is 1. The molecule has 0 radical (unpaired) electrons. The van der Waals surface area contributed by atoms with Crippen LogP contribution in [0.1, 0.15) is 31.2 Å². The van der Waals surface area contributed by atoms with Crippen LogP contribution in [0.25, 0.3) is 11.1 Å². The first kappa shape index (κ1) is 21.6. The number of aromatic nitrogens is 4. The molecule has 0 atom stereocenters. The molecule has 2 heterocycles. The number of benzene rings is 1. The zero-order valence-electron chi connectivity index (χ0n) is 18.0. The lowest BCUT2D eigenvalue weighted by Gasteiger charge is -2.34. The molecule has 1 fully saturated rings. The van der Waals surface area contributed by atoms with E-state index in [0.717, 1.165) is 42.4 Å². The molecule has 0 unspecified atom stereocenters. The maximum absolute atomic E-state index is 13.2. The predicted octanol–water partition coefficient (Wildman–Crippen LogP) is 2.93. The van der Waals surface area contributed by atoms with Crippen molar-refractivity contribution in [2.24, 2.45) is 5.73 Å². The average Bonchev–Trinajstić information content (AvgIpc) is 2.85. The smallest absolute Gasteiger partial charge is 0.324 e. The number of nitrogens with two attached hydrogens (primary N) is 1. The average molecular weight is 434 g/mol. The van der Waals surface area contributed by atoms with Crippen LogP contribution in [-0.4, -0.2) is 45.2 Å². The molecule has 166 valence electrons. The number of nitrogens with one attached hydrogen (secondary N) is 1. The number of methoxy groups -OCH3 is 1. The van der Waals surface area contributed by atoms with Crippen LogP contribution in [0.4, 0.5) is 10.7 Å². The lowest BCUT2D eigenvalue weighted by Crippen LogP contribution is -2.49. The fraction of sp³-hybridized carbons (Fsp3) is 0.348. The molecule has 0 bridgehead atoms. The highest BCUT2D eigenvalue weighted by Crippen LogP contribution is 2.26. The lowest BCUT2D eigenvalue weighted by atomic mass is 9.91. The molecule has 0 saturated heterocycles. The number of carbonyl (C=O) groups excluding carboxylic acids is 1. The first-order chi connectivity index (χ1) is 15.6. The fourth-order valence-electron chi connectivity index (χ4n) is 3.80. The monoisotopic (exact) mass is 433 g/mol. The van der Waals surface area contributed by atoms with Gasteiger partial charge in [-0.3, -0.25) is 4.90 Å². The maximum atomic E-state index is 13.2.